The smallest absolute Gasteiger partial charge is 0.310 e. The predicted molar refractivity (Wildman–Crippen MR) is 97.3 cm³/mol. The lowest BCUT2D eigenvalue weighted by molar-refractivity contribution is -0.138. The van der Waals surface area contributed by atoms with Gasteiger partial charge in [0.2, 0.25) is 0 Å². The normalized spacial score (nSPS) is 12.5. The number of aromatic amines is 1. The lowest BCUT2D eigenvalue weighted by Crippen LogP contribution is -2.06. The second-order valence-corrected chi connectivity index (χ2v) is 6.12. The zero-order valence-electron chi connectivity index (χ0n) is 13.3. The van der Waals surface area contributed by atoms with Crippen LogP contribution >= 0.6 is 0 Å². The van der Waals surface area contributed by atoms with E-state index in [1.54, 1.807) is 6.92 Å². The zero-order valence-corrected chi connectivity index (χ0v) is 13.3. The molecule has 1 heterocycles. The molecule has 0 aliphatic rings. The van der Waals surface area contributed by atoms with Crippen LogP contribution in [0.4, 0.5) is 0 Å². The lowest BCUT2D eigenvalue weighted by Gasteiger charge is -2.06. The van der Waals surface area contributed by atoms with Crippen molar-refractivity contribution in [3.63, 3.8) is 0 Å². The Hall–Kier alpha value is -3.07. The highest BCUT2D eigenvalue weighted by molar-refractivity contribution is 6.08. The second kappa shape index (κ2) is 5.53. The van der Waals surface area contributed by atoms with Gasteiger partial charge < -0.3 is 10.1 Å². The number of hydrogen-bond acceptors (Lipinski definition) is 1. The van der Waals surface area contributed by atoms with Crippen LogP contribution in [0.2, 0.25) is 0 Å². The zero-order chi connectivity index (χ0) is 16.7. The fraction of sp³-hybridized carbons (Fsp3) is 0.0952. The van der Waals surface area contributed by atoms with E-state index >= 15 is 0 Å². The summed E-state index contributed by atoms with van der Waals surface area (Å²) in [6.45, 7) is 1.71. The van der Waals surface area contributed by atoms with Gasteiger partial charge in [-0.2, -0.15) is 0 Å². The first-order valence-corrected chi connectivity index (χ1v) is 7.97. The van der Waals surface area contributed by atoms with Crippen molar-refractivity contribution < 1.29 is 9.90 Å². The van der Waals surface area contributed by atoms with Crippen molar-refractivity contribution in [1.29, 1.82) is 0 Å². The number of nitrogens with one attached hydrogen (secondary N) is 1. The predicted octanol–water partition coefficient (Wildman–Crippen LogP) is 5.18. The highest BCUT2D eigenvalue weighted by Crippen LogP contribution is 2.31. The molecule has 0 aliphatic heterocycles. The molecule has 2 N–H and O–H groups in total. The topological polar surface area (TPSA) is 53.1 Å². The molecule has 1 aromatic heterocycles. The van der Waals surface area contributed by atoms with Gasteiger partial charge in [0.05, 0.1) is 5.92 Å². The summed E-state index contributed by atoms with van der Waals surface area (Å²) in [5.41, 5.74) is 5.20. The van der Waals surface area contributed by atoms with Gasteiger partial charge in [0, 0.05) is 21.8 Å². The number of benzene rings is 3. The molecule has 0 radical (unpaired) electrons. The van der Waals surface area contributed by atoms with Crippen molar-refractivity contribution in [2.24, 2.45) is 0 Å². The minimum absolute atomic E-state index is 0.513. The minimum Gasteiger partial charge on any atom is -0.481 e. The molecule has 118 valence electrons. The number of carboxylic acids is 1. The number of hydrogen-bond donors (Lipinski definition) is 2. The average molecular weight is 315 g/mol. The molecule has 1 unspecified atom stereocenters. The van der Waals surface area contributed by atoms with Gasteiger partial charge in [-0.05, 0) is 41.8 Å². The summed E-state index contributed by atoms with van der Waals surface area (Å²) in [5, 5.41) is 11.5. The molecule has 0 aliphatic carbocycles. The summed E-state index contributed by atoms with van der Waals surface area (Å²) in [7, 11) is 0. The third kappa shape index (κ3) is 2.35. The summed E-state index contributed by atoms with van der Waals surface area (Å²) >= 11 is 0. The van der Waals surface area contributed by atoms with Crippen LogP contribution in [0.3, 0.4) is 0 Å². The van der Waals surface area contributed by atoms with E-state index in [2.05, 4.69) is 35.3 Å². The Bertz CT molecular complexity index is 1050. The average Bonchev–Trinajstić information content (AvgIpc) is 2.98. The number of carboxylic acid groups (broad SMARTS) is 1. The Balaban J connectivity index is 1.88. The van der Waals surface area contributed by atoms with Gasteiger partial charge in [0.1, 0.15) is 0 Å². The molecule has 3 aromatic carbocycles. The first kappa shape index (κ1) is 14.5. The van der Waals surface area contributed by atoms with Crippen molar-refractivity contribution in [1.82, 2.24) is 4.98 Å². The van der Waals surface area contributed by atoms with Crippen LogP contribution in [0, 0.1) is 0 Å². The minimum atomic E-state index is -0.808. The Morgan fingerprint density at radius 2 is 1.67 bits per heavy atom. The van der Waals surface area contributed by atoms with E-state index in [4.69, 9.17) is 0 Å². The Morgan fingerprint density at radius 3 is 2.42 bits per heavy atom. The maximum absolute atomic E-state index is 11.2. The van der Waals surface area contributed by atoms with Crippen LogP contribution in [-0.4, -0.2) is 16.1 Å². The molecular formula is C21H17NO2. The number of aliphatic carboxylic acids is 1. The van der Waals surface area contributed by atoms with Gasteiger partial charge in [-0.25, -0.2) is 0 Å². The monoisotopic (exact) mass is 315 g/mol. The number of H-pyrrole nitrogens is 1. The standard InChI is InChI=1S/C21H17NO2/c1-13(21(23)24)15-7-9-17-18-11-16(14-5-3-2-4-6-14)8-10-19(18)22-20(17)12-15/h2-13,22H,1H3,(H,23,24). The molecule has 4 rings (SSSR count). The number of carbonyl (C=O) groups is 1. The van der Waals surface area contributed by atoms with Crippen LogP contribution in [0.5, 0.6) is 0 Å². The first-order chi connectivity index (χ1) is 11.6. The number of fused-ring (bicyclic) bond motifs is 3. The van der Waals surface area contributed by atoms with Gasteiger partial charge in [0.25, 0.3) is 0 Å². The van der Waals surface area contributed by atoms with Crippen molar-refractivity contribution in [2.75, 3.05) is 0 Å². The van der Waals surface area contributed by atoms with Gasteiger partial charge in [-0.1, -0.05) is 48.5 Å². The third-order valence-electron chi connectivity index (χ3n) is 4.60. The third-order valence-corrected chi connectivity index (χ3v) is 4.60. The van der Waals surface area contributed by atoms with E-state index in [0.29, 0.717) is 0 Å². The molecule has 4 aromatic rings. The van der Waals surface area contributed by atoms with Crippen LogP contribution in [0.15, 0.2) is 66.7 Å². The molecule has 0 bridgehead atoms. The molecule has 0 spiro atoms. The fourth-order valence-corrected chi connectivity index (χ4v) is 3.14. The van der Waals surface area contributed by atoms with Crippen LogP contribution in [-0.2, 0) is 4.79 Å². The first-order valence-electron chi connectivity index (χ1n) is 7.97. The molecule has 3 heteroatoms. The number of rotatable bonds is 3. The summed E-state index contributed by atoms with van der Waals surface area (Å²) in [5.74, 6) is -1.32. The van der Waals surface area contributed by atoms with Crippen molar-refractivity contribution in [2.45, 2.75) is 12.8 Å². The molecular weight excluding hydrogens is 298 g/mol. The molecule has 1 atom stereocenters. The molecule has 24 heavy (non-hydrogen) atoms. The van der Waals surface area contributed by atoms with Crippen LogP contribution in [0.25, 0.3) is 32.9 Å². The molecule has 0 amide bonds. The highest BCUT2D eigenvalue weighted by Gasteiger charge is 2.15. The Morgan fingerprint density at radius 1 is 0.875 bits per heavy atom. The number of aromatic nitrogens is 1. The van der Waals surface area contributed by atoms with E-state index in [-0.39, 0.29) is 0 Å². The second-order valence-electron chi connectivity index (χ2n) is 6.12. The van der Waals surface area contributed by atoms with E-state index in [9.17, 15) is 9.90 Å². The molecule has 0 fully saturated rings. The summed E-state index contributed by atoms with van der Waals surface area (Å²) in [6.07, 6.45) is 0. The maximum atomic E-state index is 11.2. The maximum Gasteiger partial charge on any atom is 0.310 e. The largest absolute Gasteiger partial charge is 0.481 e. The SMILES string of the molecule is CC(C(=O)O)c1ccc2c(c1)[nH]c1ccc(-c3ccccc3)cc12. The van der Waals surface area contributed by atoms with Gasteiger partial charge >= 0.3 is 5.97 Å². The highest BCUT2D eigenvalue weighted by atomic mass is 16.4. The van der Waals surface area contributed by atoms with E-state index in [1.807, 2.05) is 36.4 Å². The fourth-order valence-electron chi connectivity index (χ4n) is 3.14. The van der Waals surface area contributed by atoms with Crippen molar-refractivity contribution >= 4 is 27.8 Å². The van der Waals surface area contributed by atoms with Gasteiger partial charge in [-0.3, -0.25) is 4.79 Å². The van der Waals surface area contributed by atoms with Gasteiger partial charge in [-0.15, -0.1) is 0 Å². The van der Waals surface area contributed by atoms with Crippen LogP contribution < -0.4 is 0 Å². The van der Waals surface area contributed by atoms with Crippen molar-refractivity contribution in [3.8, 4) is 11.1 Å². The van der Waals surface area contributed by atoms with Crippen LogP contribution in [0.1, 0.15) is 18.4 Å². The molecule has 0 saturated heterocycles. The van der Waals surface area contributed by atoms with E-state index < -0.39 is 11.9 Å². The van der Waals surface area contributed by atoms with E-state index in [1.165, 1.54) is 11.1 Å². The Kier molecular flexibility index (Phi) is 3.35. The summed E-state index contributed by atoms with van der Waals surface area (Å²) in [6, 6.07) is 22.5. The summed E-state index contributed by atoms with van der Waals surface area (Å²) < 4.78 is 0. The quantitative estimate of drug-likeness (QED) is 0.547. The molecule has 0 saturated carbocycles. The molecule has 3 nitrogen and oxygen atoms in total. The van der Waals surface area contributed by atoms with Crippen molar-refractivity contribution in [3.05, 3.63) is 72.3 Å². The van der Waals surface area contributed by atoms with Gasteiger partial charge in [0.15, 0.2) is 0 Å². The Labute approximate surface area is 139 Å². The lowest BCUT2D eigenvalue weighted by atomic mass is 9.99. The summed E-state index contributed by atoms with van der Waals surface area (Å²) in [4.78, 5) is 14.6. The van der Waals surface area contributed by atoms with E-state index in [0.717, 1.165) is 27.4 Å².